The molecule has 5 nitrogen and oxygen atoms in total. The summed E-state index contributed by atoms with van der Waals surface area (Å²) in [5.41, 5.74) is 0.951. The second kappa shape index (κ2) is 7.51. The first kappa shape index (κ1) is 16.6. The Balaban J connectivity index is 1.64. The number of aromatic nitrogens is 2. The first-order chi connectivity index (χ1) is 11.2. The second-order valence-corrected chi connectivity index (χ2v) is 7.55. The van der Waals surface area contributed by atoms with Crippen molar-refractivity contribution in [1.82, 2.24) is 15.1 Å². The average molecular weight is 334 g/mol. The fraction of sp³-hybridized carbons (Fsp3) is 0.706. The molecule has 2 aliphatic heterocycles. The molecule has 3 rings (SSSR count). The SMILES string of the molecule is CSCCCN1C(=O)CC[C@H]2CN(c3ccc(C)nn3)CC[C@H]21. The molecule has 0 saturated carbocycles. The first-order valence-corrected chi connectivity index (χ1v) is 9.92. The van der Waals surface area contributed by atoms with E-state index in [9.17, 15) is 4.79 Å². The number of amides is 1. The maximum Gasteiger partial charge on any atom is 0.222 e. The van der Waals surface area contributed by atoms with Crippen molar-refractivity contribution in [3.8, 4) is 0 Å². The number of thioether (sulfide) groups is 1. The van der Waals surface area contributed by atoms with E-state index in [2.05, 4.69) is 32.3 Å². The number of fused-ring (bicyclic) bond motifs is 1. The number of hydrogen-bond donors (Lipinski definition) is 0. The fourth-order valence-electron chi connectivity index (χ4n) is 3.79. The first-order valence-electron chi connectivity index (χ1n) is 8.52. The Bertz CT molecular complexity index is 536. The molecule has 23 heavy (non-hydrogen) atoms. The minimum absolute atomic E-state index is 0.357. The number of anilines is 1. The van der Waals surface area contributed by atoms with Gasteiger partial charge in [-0.1, -0.05) is 0 Å². The van der Waals surface area contributed by atoms with Gasteiger partial charge < -0.3 is 9.80 Å². The van der Waals surface area contributed by atoms with Gasteiger partial charge in [0.05, 0.1) is 5.69 Å². The molecule has 126 valence electrons. The molecule has 2 atom stereocenters. The molecule has 0 bridgehead atoms. The van der Waals surface area contributed by atoms with Crippen LogP contribution in [-0.2, 0) is 4.79 Å². The van der Waals surface area contributed by atoms with Crippen LogP contribution in [0.2, 0.25) is 0 Å². The lowest BCUT2D eigenvalue weighted by Crippen LogP contribution is -2.56. The number of nitrogens with zero attached hydrogens (tertiary/aromatic N) is 4. The Labute approximate surface area is 142 Å². The lowest BCUT2D eigenvalue weighted by Gasteiger charge is -2.47. The largest absolute Gasteiger partial charge is 0.355 e. The number of carbonyl (C=O) groups is 1. The molecule has 6 heteroatoms. The molecule has 1 aromatic rings. The van der Waals surface area contributed by atoms with E-state index in [4.69, 9.17) is 0 Å². The van der Waals surface area contributed by atoms with Gasteiger partial charge in [-0.15, -0.1) is 5.10 Å². The second-order valence-electron chi connectivity index (χ2n) is 6.57. The summed E-state index contributed by atoms with van der Waals surface area (Å²) in [5, 5.41) is 8.50. The Morgan fingerprint density at radius 1 is 1.30 bits per heavy atom. The molecule has 0 unspecified atom stereocenters. The summed E-state index contributed by atoms with van der Waals surface area (Å²) in [6, 6.07) is 4.51. The maximum atomic E-state index is 12.3. The van der Waals surface area contributed by atoms with Crippen LogP contribution in [0.5, 0.6) is 0 Å². The summed E-state index contributed by atoms with van der Waals surface area (Å²) < 4.78 is 0. The third kappa shape index (κ3) is 3.79. The van der Waals surface area contributed by atoms with Crippen molar-refractivity contribution in [2.45, 2.75) is 38.6 Å². The van der Waals surface area contributed by atoms with Crippen LogP contribution in [-0.4, -0.2) is 58.7 Å². The molecule has 1 amide bonds. The van der Waals surface area contributed by atoms with Crippen LogP contribution < -0.4 is 4.90 Å². The van der Waals surface area contributed by atoms with E-state index in [0.717, 1.165) is 56.2 Å². The highest BCUT2D eigenvalue weighted by Gasteiger charge is 2.39. The summed E-state index contributed by atoms with van der Waals surface area (Å²) in [6.45, 7) is 4.84. The van der Waals surface area contributed by atoms with Gasteiger partial charge in [-0.2, -0.15) is 16.9 Å². The quantitative estimate of drug-likeness (QED) is 0.774. The van der Waals surface area contributed by atoms with Crippen LogP contribution >= 0.6 is 11.8 Å². The normalized spacial score (nSPS) is 24.7. The molecule has 2 fully saturated rings. The summed E-state index contributed by atoms with van der Waals surface area (Å²) in [4.78, 5) is 16.8. The lowest BCUT2D eigenvalue weighted by molar-refractivity contribution is -0.139. The van der Waals surface area contributed by atoms with E-state index < -0.39 is 0 Å². The van der Waals surface area contributed by atoms with Gasteiger partial charge >= 0.3 is 0 Å². The van der Waals surface area contributed by atoms with Gasteiger partial charge in [0.1, 0.15) is 0 Å². The van der Waals surface area contributed by atoms with Gasteiger partial charge in [0.2, 0.25) is 5.91 Å². The molecule has 0 N–H and O–H groups in total. The van der Waals surface area contributed by atoms with Crippen LogP contribution in [0.1, 0.15) is 31.4 Å². The predicted molar refractivity (Wildman–Crippen MR) is 94.8 cm³/mol. The standard InChI is InChI=1S/C17H26N4OS/c1-13-4-6-16(19-18-13)20-10-8-15-14(12-20)5-7-17(22)21(15)9-3-11-23-2/h4,6,14-15H,3,5,7-12H2,1-2H3/t14-,15+/m0/s1. The monoisotopic (exact) mass is 334 g/mol. The lowest BCUT2D eigenvalue weighted by atomic mass is 9.83. The minimum Gasteiger partial charge on any atom is -0.355 e. The Hall–Kier alpha value is -1.30. The molecule has 0 spiro atoms. The van der Waals surface area contributed by atoms with Gasteiger partial charge in [-0.05, 0) is 56.2 Å². The summed E-state index contributed by atoms with van der Waals surface area (Å²) >= 11 is 1.86. The van der Waals surface area contributed by atoms with Crippen molar-refractivity contribution in [1.29, 1.82) is 0 Å². The van der Waals surface area contributed by atoms with Crippen LogP contribution in [0, 0.1) is 12.8 Å². The molecular formula is C17H26N4OS. The fourth-order valence-corrected chi connectivity index (χ4v) is 4.21. The highest BCUT2D eigenvalue weighted by molar-refractivity contribution is 7.98. The van der Waals surface area contributed by atoms with Crippen molar-refractivity contribution in [2.75, 3.05) is 36.5 Å². The molecule has 1 aromatic heterocycles. The number of carbonyl (C=O) groups excluding carboxylic acids is 1. The number of hydrogen-bond acceptors (Lipinski definition) is 5. The Morgan fingerprint density at radius 2 is 2.17 bits per heavy atom. The predicted octanol–water partition coefficient (Wildman–Crippen LogP) is 2.36. The zero-order valence-electron chi connectivity index (χ0n) is 14.1. The van der Waals surface area contributed by atoms with Gasteiger partial charge in [-0.25, -0.2) is 0 Å². The highest BCUT2D eigenvalue weighted by atomic mass is 32.2. The van der Waals surface area contributed by atoms with E-state index in [0.29, 0.717) is 24.3 Å². The highest BCUT2D eigenvalue weighted by Crippen LogP contribution is 2.32. The third-order valence-corrected chi connectivity index (χ3v) is 5.70. The van der Waals surface area contributed by atoms with Crippen LogP contribution in [0.15, 0.2) is 12.1 Å². The van der Waals surface area contributed by atoms with Crippen molar-refractivity contribution in [3.63, 3.8) is 0 Å². The van der Waals surface area contributed by atoms with Crippen molar-refractivity contribution in [3.05, 3.63) is 17.8 Å². The van der Waals surface area contributed by atoms with Crippen LogP contribution in [0.25, 0.3) is 0 Å². The zero-order chi connectivity index (χ0) is 16.2. The molecule has 2 saturated heterocycles. The number of piperidine rings is 2. The van der Waals surface area contributed by atoms with E-state index in [1.54, 1.807) is 0 Å². The molecule has 2 aliphatic rings. The molecule has 0 aromatic carbocycles. The van der Waals surface area contributed by atoms with E-state index in [1.807, 2.05) is 24.8 Å². The van der Waals surface area contributed by atoms with Gasteiger partial charge in [-0.3, -0.25) is 4.79 Å². The third-order valence-electron chi connectivity index (χ3n) is 5.00. The number of aryl methyl sites for hydroxylation is 1. The number of rotatable bonds is 5. The van der Waals surface area contributed by atoms with Gasteiger partial charge in [0.25, 0.3) is 0 Å². The molecular weight excluding hydrogens is 308 g/mol. The van der Waals surface area contributed by atoms with E-state index in [1.165, 1.54) is 0 Å². The van der Waals surface area contributed by atoms with Crippen LogP contribution in [0.4, 0.5) is 5.82 Å². The van der Waals surface area contributed by atoms with Crippen molar-refractivity contribution >= 4 is 23.5 Å². The summed E-state index contributed by atoms with van der Waals surface area (Å²) in [5.74, 6) is 3.03. The molecule has 0 radical (unpaired) electrons. The minimum atomic E-state index is 0.357. The van der Waals surface area contributed by atoms with E-state index in [-0.39, 0.29) is 0 Å². The van der Waals surface area contributed by atoms with Crippen LogP contribution in [0.3, 0.4) is 0 Å². The van der Waals surface area contributed by atoms with Crippen molar-refractivity contribution < 1.29 is 4.79 Å². The maximum absolute atomic E-state index is 12.3. The smallest absolute Gasteiger partial charge is 0.222 e. The molecule has 3 heterocycles. The molecule has 0 aliphatic carbocycles. The number of likely N-dealkylation sites (tertiary alicyclic amines) is 1. The van der Waals surface area contributed by atoms with Crippen molar-refractivity contribution in [2.24, 2.45) is 5.92 Å². The topological polar surface area (TPSA) is 49.3 Å². The summed E-state index contributed by atoms with van der Waals surface area (Å²) in [6.07, 6.45) is 5.99. The van der Waals surface area contributed by atoms with E-state index >= 15 is 0 Å². The van der Waals surface area contributed by atoms with Gasteiger partial charge in [0, 0.05) is 32.1 Å². The van der Waals surface area contributed by atoms with Gasteiger partial charge in [0.15, 0.2) is 5.82 Å². The Kier molecular flexibility index (Phi) is 5.41. The Morgan fingerprint density at radius 3 is 2.91 bits per heavy atom. The zero-order valence-corrected chi connectivity index (χ0v) is 14.9. The average Bonchev–Trinajstić information content (AvgIpc) is 2.57. The summed E-state index contributed by atoms with van der Waals surface area (Å²) in [7, 11) is 0.